The number of rotatable bonds is 0. The maximum absolute atomic E-state index is 5.48. The number of nitrogens with two attached hydrogens (primary N) is 1. The molecule has 1 atom stereocenters. The van der Waals surface area contributed by atoms with Crippen LogP contribution in [0, 0.1) is 0 Å². The van der Waals surface area contributed by atoms with Crippen molar-refractivity contribution in [2.24, 2.45) is 5.73 Å². The molecule has 0 aromatic heterocycles. The Kier molecular flexibility index (Phi) is 1.68. The maximum atomic E-state index is 5.48. The predicted octanol–water partition coefficient (Wildman–Crippen LogP) is 1.06. The maximum Gasteiger partial charge on any atom is 0.0620 e. The van der Waals surface area contributed by atoms with E-state index >= 15 is 0 Å². The fraction of sp³-hybridized carbons (Fsp3) is 1.00. The first kappa shape index (κ1) is 4.81. The summed E-state index contributed by atoms with van der Waals surface area (Å²) in [5, 5.41) is 0.426. The minimum atomic E-state index is 0.426. The zero-order valence-electron chi connectivity index (χ0n) is 3.39. The quantitative estimate of drug-likeness (QED) is 0.485. The molecule has 1 heterocycles. The highest BCUT2D eigenvalue weighted by atomic mass is 33.1. The molecule has 0 spiro atoms. The topological polar surface area (TPSA) is 26.0 Å². The molecular formula is C3H7NS2. The molecule has 1 rings (SSSR count). The van der Waals surface area contributed by atoms with E-state index in [-0.39, 0.29) is 0 Å². The van der Waals surface area contributed by atoms with E-state index in [9.17, 15) is 0 Å². The Morgan fingerprint density at radius 1 is 1.67 bits per heavy atom. The van der Waals surface area contributed by atoms with Crippen molar-refractivity contribution in [1.82, 2.24) is 0 Å². The Bertz CT molecular complexity index is 42.1. The van der Waals surface area contributed by atoms with Gasteiger partial charge in [0.25, 0.3) is 0 Å². The average Bonchev–Trinajstić information content (AvgIpc) is 1.86. The third-order valence-electron chi connectivity index (χ3n) is 0.677. The van der Waals surface area contributed by atoms with Gasteiger partial charge >= 0.3 is 0 Å². The fourth-order valence-corrected chi connectivity index (χ4v) is 2.72. The van der Waals surface area contributed by atoms with Crippen LogP contribution in [0.25, 0.3) is 0 Å². The van der Waals surface area contributed by atoms with E-state index in [0.29, 0.717) is 5.37 Å². The SMILES string of the molecule is NC1CCSS1. The summed E-state index contributed by atoms with van der Waals surface area (Å²) >= 11 is 0. The van der Waals surface area contributed by atoms with Gasteiger partial charge in [0.05, 0.1) is 5.37 Å². The van der Waals surface area contributed by atoms with Crippen LogP contribution >= 0.6 is 21.6 Å². The van der Waals surface area contributed by atoms with Crippen molar-refractivity contribution in [1.29, 1.82) is 0 Å². The molecule has 6 heavy (non-hydrogen) atoms. The monoisotopic (exact) mass is 121 g/mol. The second-order valence-electron chi connectivity index (χ2n) is 1.25. The number of hydrogen-bond acceptors (Lipinski definition) is 3. The number of hydrogen-bond donors (Lipinski definition) is 1. The zero-order chi connectivity index (χ0) is 4.41. The van der Waals surface area contributed by atoms with Crippen LogP contribution in [0.2, 0.25) is 0 Å². The molecule has 0 aliphatic carbocycles. The van der Waals surface area contributed by atoms with Crippen molar-refractivity contribution in [3.05, 3.63) is 0 Å². The summed E-state index contributed by atoms with van der Waals surface area (Å²) in [5.41, 5.74) is 5.48. The van der Waals surface area contributed by atoms with Gasteiger partial charge in [-0.2, -0.15) is 0 Å². The van der Waals surface area contributed by atoms with Crippen LogP contribution in [0.15, 0.2) is 0 Å². The van der Waals surface area contributed by atoms with Crippen LogP contribution in [-0.4, -0.2) is 11.1 Å². The smallest absolute Gasteiger partial charge is 0.0620 e. The van der Waals surface area contributed by atoms with E-state index in [1.165, 1.54) is 12.2 Å². The van der Waals surface area contributed by atoms with E-state index < -0.39 is 0 Å². The van der Waals surface area contributed by atoms with Crippen LogP contribution < -0.4 is 5.73 Å². The first-order valence-electron chi connectivity index (χ1n) is 1.93. The summed E-state index contributed by atoms with van der Waals surface area (Å²) in [4.78, 5) is 0. The average molecular weight is 121 g/mol. The molecule has 1 aliphatic rings. The minimum Gasteiger partial charge on any atom is -0.319 e. The molecular weight excluding hydrogens is 114 g/mol. The molecule has 1 saturated heterocycles. The van der Waals surface area contributed by atoms with Gasteiger partial charge in [-0.25, -0.2) is 0 Å². The fourth-order valence-electron chi connectivity index (χ4n) is 0.348. The summed E-state index contributed by atoms with van der Waals surface area (Å²) in [6.45, 7) is 0. The lowest BCUT2D eigenvalue weighted by Crippen LogP contribution is -2.09. The largest absolute Gasteiger partial charge is 0.319 e. The Labute approximate surface area is 45.4 Å². The van der Waals surface area contributed by atoms with Gasteiger partial charge in [-0.15, -0.1) is 0 Å². The van der Waals surface area contributed by atoms with Crippen LogP contribution in [0.1, 0.15) is 6.42 Å². The molecule has 0 saturated carbocycles. The normalized spacial score (nSPS) is 34.5. The standard InChI is InChI=1S/C3H7NS2/c4-3-1-2-5-6-3/h3H,1-2,4H2. The van der Waals surface area contributed by atoms with Crippen LogP contribution in [0.5, 0.6) is 0 Å². The molecule has 0 radical (unpaired) electrons. The first-order chi connectivity index (χ1) is 2.89. The Balaban J connectivity index is 2.18. The minimum absolute atomic E-state index is 0.426. The highest BCUT2D eigenvalue weighted by Crippen LogP contribution is 2.33. The lowest BCUT2D eigenvalue weighted by molar-refractivity contribution is 0.895. The molecule has 36 valence electrons. The molecule has 1 nitrogen and oxygen atoms in total. The third kappa shape index (κ3) is 1.06. The van der Waals surface area contributed by atoms with Crippen molar-refractivity contribution in [2.45, 2.75) is 11.8 Å². The van der Waals surface area contributed by atoms with Gasteiger partial charge in [-0.1, -0.05) is 21.6 Å². The molecule has 0 aromatic rings. The summed E-state index contributed by atoms with van der Waals surface area (Å²) in [6, 6.07) is 0. The molecule has 2 N–H and O–H groups in total. The Morgan fingerprint density at radius 2 is 2.50 bits per heavy atom. The van der Waals surface area contributed by atoms with E-state index in [1.807, 2.05) is 10.8 Å². The molecule has 0 amide bonds. The summed E-state index contributed by atoms with van der Waals surface area (Å²) in [6.07, 6.45) is 1.19. The Hall–Kier alpha value is 0.660. The van der Waals surface area contributed by atoms with E-state index in [1.54, 1.807) is 10.8 Å². The van der Waals surface area contributed by atoms with Crippen molar-refractivity contribution in [3.8, 4) is 0 Å². The van der Waals surface area contributed by atoms with Gasteiger partial charge in [-0.05, 0) is 6.42 Å². The van der Waals surface area contributed by atoms with Gasteiger partial charge in [0, 0.05) is 5.75 Å². The van der Waals surface area contributed by atoms with Gasteiger partial charge in [0.1, 0.15) is 0 Å². The molecule has 0 bridgehead atoms. The van der Waals surface area contributed by atoms with Crippen LogP contribution in [-0.2, 0) is 0 Å². The molecule has 1 unspecified atom stereocenters. The Morgan fingerprint density at radius 3 is 2.67 bits per heavy atom. The van der Waals surface area contributed by atoms with E-state index in [0.717, 1.165) is 0 Å². The van der Waals surface area contributed by atoms with Crippen LogP contribution in [0.4, 0.5) is 0 Å². The second kappa shape index (κ2) is 2.09. The van der Waals surface area contributed by atoms with Gasteiger partial charge in [0.2, 0.25) is 0 Å². The van der Waals surface area contributed by atoms with E-state index in [2.05, 4.69) is 0 Å². The summed E-state index contributed by atoms with van der Waals surface area (Å²) < 4.78 is 0. The lowest BCUT2D eigenvalue weighted by atomic mass is 10.5. The van der Waals surface area contributed by atoms with Crippen molar-refractivity contribution >= 4 is 21.6 Å². The van der Waals surface area contributed by atoms with Gasteiger partial charge < -0.3 is 5.73 Å². The van der Waals surface area contributed by atoms with Gasteiger partial charge in [-0.3, -0.25) is 0 Å². The van der Waals surface area contributed by atoms with Crippen molar-refractivity contribution < 1.29 is 0 Å². The van der Waals surface area contributed by atoms with E-state index in [4.69, 9.17) is 5.73 Å². The molecule has 0 aromatic carbocycles. The lowest BCUT2D eigenvalue weighted by Gasteiger charge is -1.90. The highest BCUT2D eigenvalue weighted by Gasteiger charge is 2.09. The molecule has 3 heteroatoms. The first-order valence-corrected chi connectivity index (χ1v) is 4.31. The van der Waals surface area contributed by atoms with Crippen LogP contribution in [0.3, 0.4) is 0 Å². The summed E-state index contributed by atoms with van der Waals surface area (Å²) in [7, 11) is 3.67. The predicted molar refractivity (Wildman–Crippen MR) is 32.6 cm³/mol. The molecule has 1 aliphatic heterocycles. The highest BCUT2D eigenvalue weighted by molar-refractivity contribution is 8.77. The second-order valence-corrected chi connectivity index (χ2v) is 3.97. The third-order valence-corrected chi connectivity index (χ3v) is 3.35. The van der Waals surface area contributed by atoms with Gasteiger partial charge in [0.15, 0.2) is 0 Å². The van der Waals surface area contributed by atoms with Crippen molar-refractivity contribution in [3.63, 3.8) is 0 Å². The van der Waals surface area contributed by atoms with Crippen molar-refractivity contribution in [2.75, 3.05) is 5.75 Å². The molecule has 1 fully saturated rings. The zero-order valence-corrected chi connectivity index (χ0v) is 5.02. The summed E-state index contributed by atoms with van der Waals surface area (Å²) in [5.74, 6) is 1.24.